The Morgan fingerprint density at radius 1 is 1.07 bits per heavy atom. The van der Waals surface area contributed by atoms with Crippen LogP contribution in [-0.2, 0) is 17.8 Å². The second kappa shape index (κ2) is 9.27. The molecule has 1 aliphatic carbocycles. The number of para-hydroxylation sites is 1. The molecule has 4 rings (SSSR count). The van der Waals surface area contributed by atoms with Crippen LogP contribution in [0, 0.1) is 0 Å². The number of benzene rings is 1. The van der Waals surface area contributed by atoms with Gasteiger partial charge in [0.05, 0.1) is 19.2 Å². The van der Waals surface area contributed by atoms with E-state index in [2.05, 4.69) is 10.6 Å². The van der Waals surface area contributed by atoms with Crippen LogP contribution >= 0.6 is 0 Å². The largest absolute Gasteiger partial charge is 0.459 e. The highest BCUT2D eigenvalue weighted by Gasteiger charge is 2.28. The van der Waals surface area contributed by atoms with Gasteiger partial charge in [-0.05, 0) is 30.5 Å². The summed E-state index contributed by atoms with van der Waals surface area (Å²) < 4.78 is 5.45. The first-order chi connectivity index (χ1) is 14.2. The highest BCUT2D eigenvalue weighted by Crippen LogP contribution is 2.30. The summed E-state index contributed by atoms with van der Waals surface area (Å²) in [6, 6.07) is 10.1. The summed E-state index contributed by atoms with van der Waals surface area (Å²) in [5, 5.41) is 6.49. The van der Waals surface area contributed by atoms with Gasteiger partial charge >= 0.3 is 0 Å². The van der Waals surface area contributed by atoms with Gasteiger partial charge in [0.15, 0.2) is 5.76 Å². The van der Waals surface area contributed by atoms with E-state index in [1.165, 1.54) is 44.8 Å². The molecule has 0 spiro atoms. The zero-order valence-corrected chi connectivity index (χ0v) is 16.8. The van der Waals surface area contributed by atoms with Crippen molar-refractivity contribution in [1.29, 1.82) is 0 Å². The predicted molar refractivity (Wildman–Crippen MR) is 112 cm³/mol. The maximum Gasteiger partial charge on any atom is 0.287 e. The molecular weight excluding hydrogens is 366 g/mol. The number of hydrogen-bond donors (Lipinski definition) is 2. The molecule has 1 aromatic heterocycles. The Morgan fingerprint density at radius 3 is 2.69 bits per heavy atom. The highest BCUT2D eigenvalue weighted by atomic mass is 16.3. The smallest absolute Gasteiger partial charge is 0.287 e. The topological polar surface area (TPSA) is 74.6 Å². The van der Waals surface area contributed by atoms with Gasteiger partial charge in [-0.15, -0.1) is 0 Å². The maximum absolute atomic E-state index is 12.6. The van der Waals surface area contributed by atoms with Crippen LogP contribution in [-0.4, -0.2) is 30.9 Å². The fourth-order valence-electron chi connectivity index (χ4n) is 4.34. The van der Waals surface area contributed by atoms with Crippen LogP contribution in [0.5, 0.6) is 0 Å². The summed E-state index contributed by atoms with van der Waals surface area (Å²) in [5.74, 6) is 0.107. The minimum Gasteiger partial charge on any atom is -0.459 e. The number of carbonyl (C=O) groups is 2. The van der Waals surface area contributed by atoms with Crippen molar-refractivity contribution in [2.24, 2.45) is 0 Å². The van der Waals surface area contributed by atoms with Crippen molar-refractivity contribution in [2.75, 3.05) is 18.0 Å². The molecule has 2 aromatic rings. The summed E-state index contributed by atoms with van der Waals surface area (Å²) in [5.41, 5.74) is 2.67. The third kappa shape index (κ3) is 4.70. The van der Waals surface area contributed by atoms with E-state index in [0.29, 0.717) is 25.6 Å². The van der Waals surface area contributed by atoms with Gasteiger partial charge in [-0.3, -0.25) is 9.59 Å². The Bertz CT molecular complexity index is 853. The molecule has 29 heavy (non-hydrogen) atoms. The summed E-state index contributed by atoms with van der Waals surface area (Å²) in [6.45, 7) is 1.65. The lowest BCUT2D eigenvalue weighted by Crippen LogP contribution is -2.37. The summed E-state index contributed by atoms with van der Waals surface area (Å²) in [6.07, 6.45) is 9.61. The van der Waals surface area contributed by atoms with Gasteiger partial charge in [-0.25, -0.2) is 0 Å². The molecular formula is C23H29N3O3. The third-order valence-corrected chi connectivity index (χ3v) is 5.91. The first kappa shape index (κ1) is 19.7. The van der Waals surface area contributed by atoms with Crippen LogP contribution in [0.1, 0.15) is 60.2 Å². The number of carbonyl (C=O) groups excluding carboxylic acids is 2. The van der Waals surface area contributed by atoms with E-state index in [1.54, 1.807) is 11.0 Å². The second-order valence-electron chi connectivity index (χ2n) is 7.96. The number of nitrogens with zero attached hydrogens (tertiary/aromatic N) is 1. The number of fused-ring (bicyclic) bond motifs is 1. The van der Waals surface area contributed by atoms with Gasteiger partial charge in [-0.2, -0.15) is 0 Å². The zero-order chi connectivity index (χ0) is 20.1. The van der Waals surface area contributed by atoms with Crippen molar-refractivity contribution in [2.45, 2.75) is 57.5 Å². The van der Waals surface area contributed by atoms with E-state index in [-0.39, 0.29) is 17.6 Å². The van der Waals surface area contributed by atoms with E-state index < -0.39 is 0 Å². The number of hydrogen-bond acceptors (Lipinski definition) is 4. The van der Waals surface area contributed by atoms with Crippen molar-refractivity contribution in [3.05, 3.63) is 53.5 Å². The summed E-state index contributed by atoms with van der Waals surface area (Å²) in [7, 11) is 0. The first-order valence-corrected chi connectivity index (χ1v) is 10.7. The molecule has 0 unspecified atom stereocenters. The van der Waals surface area contributed by atoms with Crippen LogP contribution in [0.2, 0.25) is 0 Å². The van der Waals surface area contributed by atoms with Crippen LogP contribution in [0.15, 0.2) is 41.0 Å². The molecule has 6 nitrogen and oxygen atoms in total. The Balaban J connectivity index is 1.31. The van der Waals surface area contributed by atoms with E-state index in [4.69, 9.17) is 4.42 Å². The summed E-state index contributed by atoms with van der Waals surface area (Å²) in [4.78, 5) is 26.7. The number of rotatable bonds is 7. The van der Waals surface area contributed by atoms with E-state index in [9.17, 15) is 9.59 Å². The molecule has 2 N–H and O–H groups in total. The molecule has 2 amide bonds. The Hall–Kier alpha value is -2.60. The van der Waals surface area contributed by atoms with Crippen LogP contribution in [0.25, 0.3) is 0 Å². The monoisotopic (exact) mass is 395 g/mol. The quantitative estimate of drug-likeness (QED) is 0.557. The van der Waals surface area contributed by atoms with Gasteiger partial charge in [-0.1, -0.05) is 43.9 Å². The van der Waals surface area contributed by atoms with E-state index >= 15 is 0 Å². The molecule has 0 atom stereocenters. The fourth-order valence-corrected chi connectivity index (χ4v) is 4.34. The highest BCUT2D eigenvalue weighted by molar-refractivity contribution is 6.01. The number of anilines is 1. The number of amides is 2. The van der Waals surface area contributed by atoms with Crippen LogP contribution < -0.4 is 15.5 Å². The molecule has 154 valence electrons. The number of furan rings is 1. The van der Waals surface area contributed by atoms with E-state index in [0.717, 1.165) is 23.4 Å². The lowest BCUT2D eigenvalue weighted by atomic mass is 10.1. The molecule has 2 aliphatic rings. The lowest BCUT2D eigenvalue weighted by Gasteiger charge is -2.18. The van der Waals surface area contributed by atoms with Crippen molar-refractivity contribution >= 4 is 17.5 Å². The van der Waals surface area contributed by atoms with Crippen LogP contribution in [0.4, 0.5) is 5.69 Å². The van der Waals surface area contributed by atoms with Gasteiger partial charge in [0, 0.05) is 30.4 Å². The molecule has 1 aliphatic heterocycles. The molecule has 6 heteroatoms. The van der Waals surface area contributed by atoms with Crippen LogP contribution in [0.3, 0.4) is 0 Å². The fraction of sp³-hybridized carbons (Fsp3) is 0.478. The SMILES string of the molecule is O=C(NCCNC1CCCCCC1)c1occc1CN1C(=O)Cc2ccccc21. The van der Waals surface area contributed by atoms with Crippen molar-refractivity contribution in [1.82, 2.24) is 10.6 Å². The van der Waals surface area contributed by atoms with Gasteiger partial charge in [0.2, 0.25) is 5.91 Å². The molecule has 0 saturated heterocycles. The average Bonchev–Trinajstić information content (AvgIpc) is 3.21. The zero-order valence-electron chi connectivity index (χ0n) is 16.8. The van der Waals surface area contributed by atoms with Gasteiger partial charge in [0.25, 0.3) is 5.91 Å². The summed E-state index contributed by atoms with van der Waals surface area (Å²) >= 11 is 0. The first-order valence-electron chi connectivity index (χ1n) is 10.7. The predicted octanol–water partition coefficient (Wildman–Crippen LogP) is 3.41. The van der Waals surface area contributed by atoms with Crippen molar-refractivity contribution < 1.29 is 14.0 Å². The normalized spacial score (nSPS) is 17.2. The molecule has 0 radical (unpaired) electrons. The minimum atomic E-state index is -0.229. The Morgan fingerprint density at radius 2 is 1.86 bits per heavy atom. The molecule has 1 aromatic carbocycles. The standard InChI is InChI=1S/C23H29N3O3/c27-21-15-17-7-5-6-10-20(17)26(21)16-18-11-14-29-22(18)23(28)25-13-12-24-19-8-3-1-2-4-9-19/h5-7,10-11,14,19,24H,1-4,8-9,12-13,15-16H2,(H,25,28). The van der Waals surface area contributed by atoms with Crippen molar-refractivity contribution in [3.63, 3.8) is 0 Å². The van der Waals surface area contributed by atoms with Crippen molar-refractivity contribution in [3.8, 4) is 0 Å². The van der Waals surface area contributed by atoms with Gasteiger partial charge in [0.1, 0.15) is 0 Å². The maximum atomic E-state index is 12.6. The van der Waals surface area contributed by atoms with E-state index in [1.807, 2.05) is 24.3 Å². The minimum absolute atomic E-state index is 0.0476. The molecule has 2 heterocycles. The Kier molecular flexibility index (Phi) is 6.30. The third-order valence-electron chi connectivity index (χ3n) is 5.91. The van der Waals surface area contributed by atoms with Gasteiger partial charge < -0.3 is 20.0 Å². The second-order valence-corrected chi connectivity index (χ2v) is 7.96. The molecule has 1 fully saturated rings. The molecule has 0 bridgehead atoms. The molecule has 1 saturated carbocycles. The average molecular weight is 396 g/mol. The number of nitrogens with one attached hydrogen (secondary N) is 2. The Labute approximate surface area is 171 Å². The lowest BCUT2D eigenvalue weighted by molar-refractivity contribution is -0.117.